The molecule has 3 aromatic carbocycles. The minimum Gasteiger partial charge on any atom is -0.103 e. The van der Waals surface area contributed by atoms with Crippen molar-refractivity contribution in [3.05, 3.63) is 114 Å². The minimum absolute atomic E-state index is 0.489. The third-order valence-corrected chi connectivity index (χ3v) is 6.59. The van der Waals surface area contributed by atoms with Crippen molar-refractivity contribution in [2.24, 2.45) is 5.92 Å². The Morgan fingerprint density at radius 2 is 1.39 bits per heavy atom. The van der Waals surface area contributed by atoms with Gasteiger partial charge in [-0.2, -0.15) is 0 Å². The number of fused-ring (bicyclic) bond motifs is 4. The van der Waals surface area contributed by atoms with Crippen LogP contribution in [0, 0.1) is 5.92 Å². The molecule has 0 nitrogen and oxygen atoms in total. The van der Waals surface area contributed by atoms with Crippen LogP contribution in [-0.2, 0) is 0 Å². The molecule has 0 saturated heterocycles. The van der Waals surface area contributed by atoms with E-state index in [1.54, 1.807) is 0 Å². The molecule has 0 heterocycles. The normalized spacial score (nSPS) is 17.8. The summed E-state index contributed by atoms with van der Waals surface area (Å²) in [5, 5.41) is 0. The maximum Gasteiger partial charge on any atom is 0.0105 e. The fourth-order valence-electron chi connectivity index (χ4n) is 5.28. The van der Waals surface area contributed by atoms with Crippen LogP contribution in [0.3, 0.4) is 0 Å². The van der Waals surface area contributed by atoms with Crippen LogP contribution in [0.15, 0.2) is 91.5 Å². The van der Waals surface area contributed by atoms with Crippen LogP contribution in [0.5, 0.6) is 0 Å². The molecule has 0 heteroatoms. The lowest BCUT2D eigenvalue weighted by Gasteiger charge is -2.27. The van der Waals surface area contributed by atoms with Gasteiger partial charge in [-0.3, -0.25) is 0 Å². The predicted octanol–water partition coefficient (Wildman–Crippen LogP) is 7.58. The average molecular weight is 363 g/mol. The quantitative estimate of drug-likeness (QED) is 0.396. The van der Waals surface area contributed by atoms with Crippen molar-refractivity contribution in [3.8, 4) is 11.1 Å². The predicted molar refractivity (Wildman–Crippen MR) is 119 cm³/mol. The van der Waals surface area contributed by atoms with Crippen LogP contribution >= 0.6 is 0 Å². The molecule has 0 fully saturated rings. The second kappa shape index (κ2) is 7.28. The van der Waals surface area contributed by atoms with E-state index in [1.165, 1.54) is 46.2 Å². The Morgan fingerprint density at radius 1 is 0.786 bits per heavy atom. The molecule has 138 valence electrons. The molecule has 0 aromatic heterocycles. The number of hydrogen-bond donors (Lipinski definition) is 0. The van der Waals surface area contributed by atoms with Gasteiger partial charge in [0.05, 0.1) is 0 Å². The summed E-state index contributed by atoms with van der Waals surface area (Å²) in [6, 6.07) is 26.9. The van der Waals surface area contributed by atoms with Gasteiger partial charge in [-0.05, 0) is 58.6 Å². The average Bonchev–Trinajstić information content (AvgIpc) is 3.31. The highest BCUT2D eigenvalue weighted by molar-refractivity contribution is 5.78. The van der Waals surface area contributed by atoms with Crippen LogP contribution in [0.25, 0.3) is 17.2 Å². The van der Waals surface area contributed by atoms with Crippen molar-refractivity contribution < 1.29 is 0 Å². The van der Waals surface area contributed by atoms with E-state index in [1.807, 2.05) is 0 Å². The summed E-state index contributed by atoms with van der Waals surface area (Å²) < 4.78 is 0. The van der Waals surface area contributed by atoms with Gasteiger partial charge in [-0.1, -0.05) is 91.0 Å². The Bertz CT molecular complexity index is 994. The summed E-state index contributed by atoms with van der Waals surface area (Å²) in [7, 11) is 0. The van der Waals surface area contributed by atoms with Crippen molar-refractivity contribution in [1.29, 1.82) is 0 Å². The molecule has 0 radical (unpaired) electrons. The van der Waals surface area contributed by atoms with Crippen molar-refractivity contribution in [1.82, 2.24) is 0 Å². The fraction of sp³-hybridized carbons (Fsp3) is 0.214. The lowest BCUT2D eigenvalue weighted by Crippen LogP contribution is -2.14. The van der Waals surface area contributed by atoms with Crippen LogP contribution in [0.1, 0.15) is 53.4 Å². The van der Waals surface area contributed by atoms with Gasteiger partial charge in [0.2, 0.25) is 0 Å². The summed E-state index contributed by atoms with van der Waals surface area (Å²) in [6.07, 6.45) is 10.3. The Hall–Kier alpha value is -2.86. The van der Waals surface area contributed by atoms with E-state index < -0.39 is 0 Å². The smallest absolute Gasteiger partial charge is 0.0105 e. The van der Waals surface area contributed by atoms with Gasteiger partial charge in [-0.15, -0.1) is 6.58 Å². The molecule has 28 heavy (non-hydrogen) atoms. The summed E-state index contributed by atoms with van der Waals surface area (Å²) >= 11 is 0. The Kier molecular flexibility index (Phi) is 4.49. The highest BCUT2D eigenvalue weighted by atomic mass is 14.4. The van der Waals surface area contributed by atoms with E-state index in [-0.39, 0.29) is 0 Å². The number of benzene rings is 3. The summed E-state index contributed by atoms with van der Waals surface area (Å²) in [4.78, 5) is 0. The fourth-order valence-corrected chi connectivity index (χ4v) is 5.28. The van der Waals surface area contributed by atoms with Gasteiger partial charge in [0.1, 0.15) is 0 Å². The zero-order chi connectivity index (χ0) is 18.9. The van der Waals surface area contributed by atoms with Gasteiger partial charge in [0.15, 0.2) is 0 Å². The summed E-state index contributed by atoms with van der Waals surface area (Å²) in [5.74, 6) is 1.61. The first kappa shape index (κ1) is 17.3. The first-order valence-corrected chi connectivity index (χ1v) is 10.4. The molecule has 2 atom stereocenters. The number of rotatable bonds is 6. The van der Waals surface area contributed by atoms with Crippen LogP contribution in [0.4, 0.5) is 0 Å². The second-order valence-electron chi connectivity index (χ2n) is 8.10. The van der Waals surface area contributed by atoms with Crippen molar-refractivity contribution in [2.45, 2.75) is 31.1 Å². The second-order valence-corrected chi connectivity index (χ2v) is 8.10. The molecule has 5 rings (SSSR count). The molecule has 0 saturated carbocycles. The molecule has 0 aliphatic heterocycles. The lowest BCUT2D eigenvalue weighted by atomic mass is 9.76. The van der Waals surface area contributed by atoms with Crippen LogP contribution in [0.2, 0.25) is 0 Å². The maximum atomic E-state index is 3.99. The highest BCUT2D eigenvalue weighted by Crippen LogP contribution is 2.50. The van der Waals surface area contributed by atoms with E-state index in [4.69, 9.17) is 0 Å². The van der Waals surface area contributed by atoms with E-state index in [2.05, 4.69) is 97.6 Å². The van der Waals surface area contributed by atoms with Crippen molar-refractivity contribution >= 4 is 6.08 Å². The lowest BCUT2D eigenvalue weighted by molar-refractivity contribution is 0.400. The van der Waals surface area contributed by atoms with E-state index in [0.717, 1.165) is 6.42 Å². The van der Waals surface area contributed by atoms with E-state index >= 15 is 0 Å². The van der Waals surface area contributed by atoms with E-state index in [9.17, 15) is 0 Å². The maximum absolute atomic E-state index is 3.99. The SMILES string of the molecule is C=CCCC(CC1c2ccccc2-c2ccccc21)C1C=Cc2ccccc21. The number of hydrogen-bond acceptors (Lipinski definition) is 0. The molecule has 0 bridgehead atoms. The third kappa shape index (κ3) is 2.85. The molecule has 2 aliphatic carbocycles. The first-order chi connectivity index (χ1) is 13.9. The summed E-state index contributed by atoms with van der Waals surface area (Å²) in [5.41, 5.74) is 8.74. The highest BCUT2D eigenvalue weighted by Gasteiger charge is 2.33. The Morgan fingerprint density at radius 3 is 2.07 bits per heavy atom. The molecule has 2 unspecified atom stereocenters. The van der Waals surface area contributed by atoms with E-state index in [0.29, 0.717) is 17.8 Å². The first-order valence-electron chi connectivity index (χ1n) is 10.4. The zero-order valence-corrected chi connectivity index (χ0v) is 16.2. The van der Waals surface area contributed by atoms with Gasteiger partial charge in [0.25, 0.3) is 0 Å². The molecule has 2 aliphatic rings. The van der Waals surface area contributed by atoms with Crippen LogP contribution < -0.4 is 0 Å². The van der Waals surface area contributed by atoms with Gasteiger partial charge in [0, 0.05) is 11.8 Å². The number of allylic oxidation sites excluding steroid dienone is 2. The summed E-state index contributed by atoms with van der Waals surface area (Å²) in [6.45, 7) is 3.99. The molecular formula is C28H26. The molecule has 0 spiro atoms. The topological polar surface area (TPSA) is 0 Å². The Balaban J connectivity index is 1.52. The molecule has 0 amide bonds. The zero-order valence-electron chi connectivity index (χ0n) is 16.2. The largest absolute Gasteiger partial charge is 0.103 e. The van der Waals surface area contributed by atoms with Crippen molar-refractivity contribution in [2.75, 3.05) is 0 Å². The van der Waals surface area contributed by atoms with Gasteiger partial charge in [-0.25, -0.2) is 0 Å². The van der Waals surface area contributed by atoms with Gasteiger partial charge < -0.3 is 0 Å². The monoisotopic (exact) mass is 362 g/mol. The Labute approximate surface area is 168 Å². The minimum atomic E-state index is 0.489. The standard InChI is InChI=1S/C28H26/c1-2-3-10-21(23-18-17-20-11-4-5-12-22(20)23)19-28-26-15-8-6-13-24(26)25-14-7-9-16-27(25)28/h2,4-9,11-18,21,23,28H,1,3,10,19H2. The third-order valence-electron chi connectivity index (χ3n) is 6.59. The molecule has 0 N–H and O–H groups in total. The van der Waals surface area contributed by atoms with Crippen molar-refractivity contribution in [3.63, 3.8) is 0 Å². The molecule has 3 aromatic rings. The van der Waals surface area contributed by atoms with Crippen LogP contribution in [-0.4, -0.2) is 0 Å². The molecular weight excluding hydrogens is 336 g/mol. The van der Waals surface area contributed by atoms with Gasteiger partial charge >= 0.3 is 0 Å².